The lowest BCUT2D eigenvalue weighted by Gasteiger charge is -2.15. The highest BCUT2D eigenvalue weighted by atomic mass is 14.3. The first kappa shape index (κ1) is 9.55. The zero-order chi connectivity index (χ0) is 9.26. The lowest BCUT2D eigenvalue weighted by molar-refractivity contribution is 0.366. The van der Waals surface area contributed by atoms with E-state index in [2.05, 4.69) is 13.8 Å². The Labute approximate surface area is 83.1 Å². The monoisotopic (exact) mass is 180 g/mol. The van der Waals surface area contributed by atoms with Gasteiger partial charge in [-0.25, -0.2) is 0 Å². The largest absolute Gasteiger partial charge is 0.0625 e. The van der Waals surface area contributed by atoms with Crippen LogP contribution in [-0.4, -0.2) is 0 Å². The van der Waals surface area contributed by atoms with Gasteiger partial charge in [0.25, 0.3) is 0 Å². The Morgan fingerprint density at radius 2 is 1.23 bits per heavy atom. The first-order valence-electron chi connectivity index (χ1n) is 6.24. The van der Waals surface area contributed by atoms with Gasteiger partial charge in [-0.3, -0.25) is 0 Å². The molecule has 2 aliphatic rings. The highest BCUT2D eigenvalue weighted by Gasteiger charge is 2.27. The molecule has 0 radical (unpaired) electrons. The lowest BCUT2D eigenvalue weighted by Crippen LogP contribution is -2.03. The second-order valence-corrected chi connectivity index (χ2v) is 5.80. The average Bonchev–Trinajstić information content (AvgIpc) is 2.62. The van der Waals surface area contributed by atoms with Crippen LogP contribution in [-0.2, 0) is 0 Å². The molecule has 0 aliphatic heterocycles. The number of hydrogen-bond donors (Lipinski definition) is 0. The van der Waals surface area contributed by atoms with E-state index < -0.39 is 0 Å². The van der Waals surface area contributed by atoms with Crippen molar-refractivity contribution in [3.63, 3.8) is 0 Å². The molecule has 0 aromatic rings. The highest BCUT2D eigenvalue weighted by Crippen LogP contribution is 2.40. The normalized spacial score (nSPS) is 45.7. The number of rotatable bonds is 2. The van der Waals surface area contributed by atoms with Crippen molar-refractivity contribution in [3.8, 4) is 0 Å². The molecule has 4 atom stereocenters. The summed E-state index contributed by atoms with van der Waals surface area (Å²) in [4.78, 5) is 0. The van der Waals surface area contributed by atoms with Crippen LogP contribution in [0.3, 0.4) is 0 Å². The van der Waals surface area contributed by atoms with E-state index in [1.165, 1.54) is 38.5 Å². The molecule has 0 N–H and O–H groups in total. The van der Waals surface area contributed by atoms with Crippen LogP contribution in [0.25, 0.3) is 0 Å². The molecule has 0 heterocycles. The lowest BCUT2D eigenvalue weighted by atomic mass is 9.91. The molecule has 0 nitrogen and oxygen atoms in total. The zero-order valence-corrected chi connectivity index (χ0v) is 9.26. The summed E-state index contributed by atoms with van der Waals surface area (Å²) in [7, 11) is 0. The Balaban J connectivity index is 1.72. The summed E-state index contributed by atoms with van der Waals surface area (Å²) in [5.41, 5.74) is 0. The minimum Gasteiger partial charge on any atom is -0.0625 e. The van der Waals surface area contributed by atoms with Gasteiger partial charge in [-0.15, -0.1) is 0 Å². The minimum absolute atomic E-state index is 1.03. The Morgan fingerprint density at radius 1 is 0.769 bits per heavy atom. The van der Waals surface area contributed by atoms with Crippen LogP contribution in [0.15, 0.2) is 0 Å². The molecule has 2 aliphatic carbocycles. The number of hydrogen-bond acceptors (Lipinski definition) is 0. The molecule has 0 aromatic carbocycles. The van der Waals surface area contributed by atoms with Crippen LogP contribution < -0.4 is 0 Å². The molecular formula is C13H24. The fourth-order valence-corrected chi connectivity index (χ4v) is 3.55. The summed E-state index contributed by atoms with van der Waals surface area (Å²) < 4.78 is 0. The third kappa shape index (κ3) is 2.48. The first-order chi connectivity index (χ1) is 6.24. The predicted octanol–water partition coefficient (Wildman–Crippen LogP) is 4.25. The maximum absolute atomic E-state index is 2.43. The average molecular weight is 180 g/mol. The summed E-state index contributed by atoms with van der Waals surface area (Å²) in [6.45, 7) is 4.86. The third-order valence-electron chi connectivity index (χ3n) is 4.27. The van der Waals surface area contributed by atoms with Crippen molar-refractivity contribution in [2.24, 2.45) is 23.7 Å². The standard InChI is InChI=1S/C13H24/c1-10-3-5-12(7-10)9-13-6-4-11(2)8-13/h10-13H,3-9H2,1-2H3. The molecule has 76 valence electrons. The van der Waals surface area contributed by atoms with Crippen molar-refractivity contribution < 1.29 is 0 Å². The van der Waals surface area contributed by atoms with Crippen molar-refractivity contribution in [1.29, 1.82) is 0 Å². The van der Waals surface area contributed by atoms with E-state index in [0.29, 0.717) is 0 Å². The van der Waals surface area contributed by atoms with Crippen molar-refractivity contribution in [1.82, 2.24) is 0 Å². The van der Waals surface area contributed by atoms with E-state index in [0.717, 1.165) is 23.7 Å². The van der Waals surface area contributed by atoms with Crippen LogP contribution in [0.4, 0.5) is 0 Å². The molecule has 0 bridgehead atoms. The fraction of sp³-hybridized carbons (Fsp3) is 1.00. The van der Waals surface area contributed by atoms with E-state index >= 15 is 0 Å². The first-order valence-corrected chi connectivity index (χ1v) is 6.24. The van der Waals surface area contributed by atoms with Gasteiger partial charge in [-0.05, 0) is 42.9 Å². The van der Waals surface area contributed by atoms with E-state index in [-0.39, 0.29) is 0 Å². The maximum atomic E-state index is 2.43. The van der Waals surface area contributed by atoms with Crippen molar-refractivity contribution in [2.75, 3.05) is 0 Å². The summed E-state index contributed by atoms with van der Waals surface area (Å²) >= 11 is 0. The van der Waals surface area contributed by atoms with Crippen molar-refractivity contribution in [2.45, 2.75) is 58.8 Å². The van der Waals surface area contributed by atoms with Gasteiger partial charge in [-0.2, -0.15) is 0 Å². The molecule has 13 heavy (non-hydrogen) atoms. The van der Waals surface area contributed by atoms with Crippen LogP contribution in [0, 0.1) is 23.7 Å². The molecule has 0 spiro atoms. The van der Waals surface area contributed by atoms with Crippen molar-refractivity contribution in [3.05, 3.63) is 0 Å². The molecule has 0 aromatic heterocycles. The molecule has 2 saturated carbocycles. The smallest absolute Gasteiger partial charge is 0.0409 e. The second kappa shape index (κ2) is 4.02. The topological polar surface area (TPSA) is 0 Å². The van der Waals surface area contributed by atoms with Gasteiger partial charge in [0.1, 0.15) is 0 Å². The maximum Gasteiger partial charge on any atom is -0.0409 e. The highest BCUT2D eigenvalue weighted by molar-refractivity contribution is 4.79. The zero-order valence-electron chi connectivity index (χ0n) is 9.26. The van der Waals surface area contributed by atoms with Gasteiger partial charge in [0.15, 0.2) is 0 Å². The van der Waals surface area contributed by atoms with Gasteiger partial charge >= 0.3 is 0 Å². The summed E-state index contributed by atoms with van der Waals surface area (Å²) in [6.07, 6.45) is 10.7. The molecule has 0 saturated heterocycles. The Bertz CT molecular complexity index is 143. The van der Waals surface area contributed by atoms with Crippen molar-refractivity contribution >= 4 is 0 Å². The van der Waals surface area contributed by atoms with Gasteiger partial charge in [0, 0.05) is 0 Å². The predicted molar refractivity (Wildman–Crippen MR) is 57.6 cm³/mol. The fourth-order valence-electron chi connectivity index (χ4n) is 3.55. The van der Waals surface area contributed by atoms with Crippen LogP contribution in [0.2, 0.25) is 0 Å². The van der Waals surface area contributed by atoms with Gasteiger partial charge in [0.05, 0.1) is 0 Å². The molecule has 2 rings (SSSR count). The summed E-state index contributed by atoms with van der Waals surface area (Å²) in [6, 6.07) is 0. The molecule has 0 heteroatoms. The van der Waals surface area contributed by atoms with Gasteiger partial charge in [0.2, 0.25) is 0 Å². The van der Waals surface area contributed by atoms with Crippen LogP contribution in [0.1, 0.15) is 58.8 Å². The SMILES string of the molecule is CC1CCC(CC2CCC(C)C2)C1. The van der Waals surface area contributed by atoms with E-state index in [1.807, 2.05) is 0 Å². The quantitative estimate of drug-likeness (QED) is 0.596. The summed E-state index contributed by atoms with van der Waals surface area (Å²) in [5, 5.41) is 0. The van der Waals surface area contributed by atoms with Gasteiger partial charge in [-0.1, -0.05) is 39.5 Å². The minimum atomic E-state index is 1.03. The van der Waals surface area contributed by atoms with Crippen LogP contribution in [0.5, 0.6) is 0 Å². The third-order valence-corrected chi connectivity index (χ3v) is 4.27. The Morgan fingerprint density at radius 3 is 1.54 bits per heavy atom. The Kier molecular flexibility index (Phi) is 2.96. The van der Waals surface area contributed by atoms with E-state index in [1.54, 1.807) is 6.42 Å². The molecular weight excluding hydrogens is 156 g/mol. The molecule has 2 fully saturated rings. The second-order valence-electron chi connectivity index (χ2n) is 5.80. The summed E-state index contributed by atoms with van der Waals surface area (Å²) in [5.74, 6) is 4.27. The molecule has 4 unspecified atom stereocenters. The van der Waals surface area contributed by atoms with Gasteiger partial charge < -0.3 is 0 Å². The molecule has 0 amide bonds. The van der Waals surface area contributed by atoms with E-state index in [9.17, 15) is 0 Å². The Hall–Kier alpha value is 0. The van der Waals surface area contributed by atoms with E-state index in [4.69, 9.17) is 0 Å². The van der Waals surface area contributed by atoms with Crippen LogP contribution >= 0.6 is 0 Å².